The Hall–Kier alpha value is -2.57. The summed E-state index contributed by atoms with van der Waals surface area (Å²) < 4.78 is 0. The topological polar surface area (TPSA) is 52.7 Å². The average molecular weight is 589 g/mol. The molecule has 0 bridgehead atoms. The molecule has 3 aromatic rings. The molecule has 0 aliphatic carbocycles. The van der Waals surface area contributed by atoms with Crippen molar-refractivity contribution in [3.8, 4) is 0 Å². The number of nitrogens with zero attached hydrogens (tertiary/aromatic N) is 2. The van der Waals surface area contributed by atoms with E-state index in [0.717, 1.165) is 50.0 Å². The zero-order chi connectivity index (χ0) is 27.1. The van der Waals surface area contributed by atoms with Crippen molar-refractivity contribution in [2.75, 3.05) is 33.2 Å². The second-order valence-electron chi connectivity index (χ2n) is 10.2. The molecule has 0 spiro atoms. The summed E-state index contributed by atoms with van der Waals surface area (Å²) in [5.41, 5.74) is 2.56. The molecule has 1 saturated heterocycles. The van der Waals surface area contributed by atoms with E-state index >= 15 is 0 Å². The van der Waals surface area contributed by atoms with Gasteiger partial charge in [-0.15, -0.1) is 12.4 Å². The minimum atomic E-state index is -0.338. The summed E-state index contributed by atoms with van der Waals surface area (Å²) in [6.45, 7) is 4.79. The van der Waals surface area contributed by atoms with Crippen LogP contribution >= 0.6 is 35.6 Å². The van der Waals surface area contributed by atoms with E-state index in [2.05, 4.69) is 22.3 Å². The van der Waals surface area contributed by atoms with Crippen LogP contribution in [0, 0.1) is 0 Å². The van der Waals surface area contributed by atoms with Gasteiger partial charge in [-0.2, -0.15) is 0 Å². The summed E-state index contributed by atoms with van der Waals surface area (Å²) in [4.78, 5) is 29.4. The summed E-state index contributed by atoms with van der Waals surface area (Å²) in [6, 6.07) is 25.4. The molecule has 39 heavy (non-hydrogen) atoms. The lowest BCUT2D eigenvalue weighted by molar-refractivity contribution is -0.121. The van der Waals surface area contributed by atoms with Gasteiger partial charge in [0.1, 0.15) is 0 Å². The highest BCUT2D eigenvalue weighted by atomic mass is 35.5. The highest BCUT2D eigenvalue weighted by Crippen LogP contribution is 2.34. The van der Waals surface area contributed by atoms with Gasteiger partial charge in [0.2, 0.25) is 5.91 Å². The van der Waals surface area contributed by atoms with Crippen LogP contribution in [0.25, 0.3) is 0 Å². The maximum atomic E-state index is 13.1. The molecule has 2 amide bonds. The number of hydrogen-bond donors (Lipinski definition) is 1. The minimum Gasteiger partial charge on any atom is -0.347 e. The first kappa shape index (κ1) is 31.0. The largest absolute Gasteiger partial charge is 0.347 e. The molecule has 1 aliphatic heterocycles. The normalized spacial score (nSPS) is 15.6. The van der Waals surface area contributed by atoms with Crippen LogP contribution in [0.1, 0.15) is 53.6 Å². The van der Waals surface area contributed by atoms with Gasteiger partial charge in [0.05, 0.1) is 15.6 Å². The van der Waals surface area contributed by atoms with Crippen molar-refractivity contribution >= 4 is 47.4 Å². The molecule has 4 rings (SSSR count). The Morgan fingerprint density at radius 2 is 1.56 bits per heavy atom. The van der Waals surface area contributed by atoms with Crippen LogP contribution in [-0.2, 0) is 10.3 Å². The van der Waals surface area contributed by atoms with E-state index in [9.17, 15) is 9.59 Å². The van der Waals surface area contributed by atoms with Crippen molar-refractivity contribution < 1.29 is 9.59 Å². The number of likely N-dealkylation sites (tertiary alicyclic amines) is 1. The number of nitrogens with one attached hydrogen (secondary N) is 1. The number of benzene rings is 3. The Bertz CT molecular complexity index is 1230. The first-order valence-corrected chi connectivity index (χ1v) is 13.8. The van der Waals surface area contributed by atoms with E-state index in [1.54, 1.807) is 11.8 Å². The Morgan fingerprint density at radius 1 is 0.949 bits per heavy atom. The molecule has 0 aromatic heterocycles. The molecular weight excluding hydrogens is 553 g/mol. The average Bonchev–Trinajstić information content (AvgIpc) is 2.93. The van der Waals surface area contributed by atoms with Crippen LogP contribution in [0.5, 0.6) is 0 Å². The SMILES string of the molecule is CC(=O)NC1(c2ccccc2)CCN(CCC(CN(C)C(=O)c2ccccc2)c2ccc(Cl)c(Cl)c2)CC1.Cl. The molecule has 5 nitrogen and oxygen atoms in total. The summed E-state index contributed by atoms with van der Waals surface area (Å²) in [5, 5.41) is 4.29. The lowest BCUT2D eigenvalue weighted by Crippen LogP contribution is -2.52. The molecule has 3 aromatic carbocycles. The molecule has 1 fully saturated rings. The van der Waals surface area contributed by atoms with E-state index in [0.29, 0.717) is 22.2 Å². The zero-order valence-corrected chi connectivity index (χ0v) is 24.7. The Morgan fingerprint density at radius 3 is 2.15 bits per heavy atom. The zero-order valence-electron chi connectivity index (χ0n) is 22.4. The van der Waals surface area contributed by atoms with E-state index in [4.69, 9.17) is 23.2 Å². The second-order valence-corrected chi connectivity index (χ2v) is 11.0. The monoisotopic (exact) mass is 587 g/mol. The first-order chi connectivity index (χ1) is 18.3. The maximum absolute atomic E-state index is 13.1. The van der Waals surface area contributed by atoms with Gasteiger partial charge in [-0.25, -0.2) is 0 Å². The van der Waals surface area contributed by atoms with E-state index in [1.165, 1.54) is 0 Å². The quantitative estimate of drug-likeness (QED) is 0.300. The predicted octanol–water partition coefficient (Wildman–Crippen LogP) is 6.79. The molecule has 1 N–H and O–H groups in total. The van der Waals surface area contributed by atoms with E-state index < -0.39 is 0 Å². The van der Waals surface area contributed by atoms with Crippen molar-refractivity contribution in [1.29, 1.82) is 0 Å². The number of likely N-dealkylation sites (N-methyl/N-ethyl adjacent to an activating group) is 1. The number of rotatable bonds is 9. The molecule has 1 aliphatic rings. The molecule has 8 heteroatoms. The summed E-state index contributed by atoms with van der Waals surface area (Å²) in [7, 11) is 1.85. The van der Waals surface area contributed by atoms with Crippen molar-refractivity contribution in [1.82, 2.24) is 15.1 Å². The summed E-state index contributed by atoms with van der Waals surface area (Å²) in [5.74, 6) is 0.0864. The minimum absolute atomic E-state index is 0. The Kier molecular flexibility index (Phi) is 11.3. The van der Waals surface area contributed by atoms with Gasteiger partial charge in [0.15, 0.2) is 0 Å². The predicted molar refractivity (Wildman–Crippen MR) is 162 cm³/mol. The van der Waals surface area contributed by atoms with Crippen LogP contribution in [0.15, 0.2) is 78.9 Å². The molecular formula is C31H36Cl3N3O2. The molecule has 1 unspecified atom stereocenters. The van der Waals surface area contributed by atoms with Crippen LogP contribution in [0.4, 0.5) is 0 Å². The Balaban J connectivity index is 0.00000420. The fourth-order valence-corrected chi connectivity index (χ4v) is 5.73. The van der Waals surface area contributed by atoms with Gasteiger partial charge in [0, 0.05) is 45.1 Å². The number of amides is 2. The third kappa shape index (κ3) is 7.98. The van der Waals surface area contributed by atoms with Crippen molar-refractivity contribution in [3.63, 3.8) is 0 Å². The molecule has 1 atom stereocenters. The number of halogens is 3. The fourth-order valence-electron chi connectivity index (χ4n) is 5.42. The number of carbonyl (C=O) groups excluding carboxylic acids is 2. The molecule has 208 valence electrons. The van der Waals surface area contributed by atoms with Crippen molar-refractivity contribution in [2.45, 2.75) is 37.6 Å². The third-order valence-electron chi connectivity index (χ3n) is 7.52. The highest BCUT2D eigenvalue weighted by molar-refractivity contribution is 6.42. The third-order valence-corrected chi connectivity index (χ3v) is 8.26. The van der Waals surface area contributed by atoms with Crippen LogP contribution in [-0.4, -0.2) is 54.8 Å². The molecule has 0 radical (unpaired) electrons. The summed E-state index contributed by atoms with van der Waals surface area (Å²) in [6.07, 6.45) is 2.56. The van der Waals surface area contributed by atoms with Gasteiger partial charge >= 0.3 is 0 Å². The first-order valence-electron chi connectivity index (χ1n) is 13.1. The Labute approximate surface area is 247 Å². The highest BCUT2D eigenvalue weighted by Gasteiger charge is 2.37. The van der Waals surface area contributed by atoms with Gasteiger partial charge in [-0.1, -0.05) is 77.8 Å². The lowest BCUT2D eigenvalue weighted by Gasteiger charge is -2.43. The number of hydrogen-bond acceptors (Lipinski definition) is 3. The van der Waals surface area contributed by atoms with Crippen molar-refractivity contribution in [2.24, 2.45) is 0 Å². The standard InChI is InChI=1S/C31H35Cl2N3O2.ClH/c1-23(37)34-31(27-11-7-4-8-12-27)16-19-36(20-17-31)18-15-26(25-13-14-28(32)29(33)21-25)22-35(2)30(38)24-9-5-3-6-10-24;/h3-14,21,26H,15-20,22H2,1-2H3,(H,34,37);1H. The lowest BCUT2D eigenvalue weighted by atomic mass is 9.80. The number of carbonyl (C=O) groups is 2. The van der Waals surface area contributed by atoms with Crippen molar-refractivity contribution in [3.05, 3.63) is 106 Å². The van der Waals surface area contributed by atoms with Crippen LogP contribution < -0.4 is 5.32 Å². The molecule has 0 saturated carbocycles. The van der Waals surface area contributed by atoms with E-state index in [-0.39, 0.29) is 35.7 Å². The van der Waals surface area contributed by atoms with E-state index in [1.807, 2.05) is 73.8 Å². The van der Waals surface area contributed by atoms with Gasteiger partial charge < -0.3 is 15.1 Å². The van der Waals surface area contributed by atoms with Crippen LogP contribution in [0.3, 0.4) is 0 Å². The van der Waals surface area contributed by atoms with Crippen LogP contribution in [0.2, 0.25) is 10.0 Å². The van der Waals surface area contributed by atoms with Gasteiger partial charge in [-0.05, 0) is 61.2 Å². The summed E-state index contributed by atoms with van der Waals surface area (Å²) >= 11 is 12.6. The maximum Gasteiger partial charge on any atom is 0.253 e. The number of piperidine rings is 1. The van der Waals surface area contributed by atoms with Gasteiger partial charge in [-0.3, -0.25) is 9.59 Å². The smallest absolute Gasteiger partial charge is 0.253 e. The van der Waals surface area contributed by atoms with Gasteiger partial charge in [0.25, 0.3) is 5.91 Å². The fraction of sp³-hybridized carbons (Fsp3) is 0.355. The molecule has 1 heterocycles. The second kappa shape index (κ2) is 14.2.